The number of imidazole rings is 1. The van der Waals surface area contributed by atoms with Crippen molar-refractivity contribution in [1.29, 1.82) is 0 Å². The Morgan fingerprint density at radius 2 is 2.37 bits per heavy atom. The van der Waals surface area contributed by atoms with Crippen molar-refractivity contribution in [2.45, 2.75) is 19.9 Å². The molecule has 0 fully saturated rings. The number of anilines is 1. The van der Waals surface area contributed by atoms with Gasteiger partial charge < -0.3 is 14.6 Å². The molecular weight excluding hydrogens is 310 g/mol. The molecule has 102 valence electrons. The minimum absolute atomic E-state index is 0.0222. The van der Waals surface area contributed by atoms with Crippen LogP contribution in [0.15, 0.2) is 23.2 Å². The summed E-state index contributed by atoms with van der Waals surface area (Å²) in [6, 6.07) is -0.354. The van der Waals surface area contributed by atoms with Gasteiger partial charge in [0, 0.05) is 32.2 Å². The third-order valence-corrected chi connectivity index (χ3v) is 3.30. The zero-order valence-electron chi connectivity index (χ0n) is 11.1. The molecule has 0 saturated carbocycles. The molecule has 0 spiro atoms. The SMILES string of the molecule is CCN(C)C(=O)C(C)Nc1nc(Br)cn2ccnc12. The van der Waals surface area contributed by atoms with Crippen molar-refractivity contribution in [2.75, 3.05) is 18.9 Å². The van der Waals surface area contributed by atoms with E-state index in [1.165, 1.54) is 0 Å². The van der Waals surface area contributed by atoms with E-state index in [-0.39, 0.29) is 11.9 Å². The summed E-state index contributed by atoms with van der Waals surface area (Å²) in [6.07, 6.45) is 5.34. The fraction of sp³-hybridized carbons (Fsp3) is 0.417. The average molecular weight is 326 g/mol. The minimum Gasteiger partial charge on any atom is -0.355 e. The number of carbonyl (C=O) groups is 1. The second kappa shape index (κ2) is 5.56. The molecule has 1 N–H and O–H groups in total. The molecule has 0 radical (unpaired) electrons. The Balaban J connectivity index is 2.26. The number of amides is 1. The number of nitrogens with zero attached hydrogens (tertiary/aromatic N) is 4. The van der Waals surface area contributed by atoms with Crippen molar-refractivity contribution in [1.82, 2.24) is 19.3 Å². The lowest BCUT2D eigenvalue weighted by Gasteiger charge is -2.21. The number of hydrogen-bond acceptors (Lipinski definition) is 4. The van der Waals surface area contributed by atoms with Crippen LogP contribution in [-0.2, 0) is 4.79 Å². The van der Waals surface area contributed by atoms with E-state index in [9.17, 15) is 4.79 Å². The van der Waals surface area contributed by atoms with Gasteiger partial charge in [-0.15, -0.1) is 0 Å². The fourth-order valence-electron chi connectivity index (χ4n) is 1.75. The Labute approximate surface area is 120 Å². The van der Waals surface area contributed by atoms with Crippen LogP contribution in [0.2, 0.25) is 0 Å². The highest BCUT2D eigenvalue weighted by atomic mass is 79.9. The van der Waals surface area contributed by atoms with Gasteiger partial charge in [-0.05, 0) is 29.8 Å². The molecule has 2 aromatic heterocycles. The maximum absolute atomic E-state index is 12.0. The summed E-state index contributed by atoms with van der Waals surface area (Å²) in [5, 5.41) is 3.11. The highest BCUT2D eigenvalue weighted by Crippen LogP contribution is 2.17. The Hall–Kier alpha value is -1.63. The molecule has 2 heterocycles. The Morgan fingerprint density at radius 3 is 3.05 bits per heavy atom. The number of likely N-dealkylation sites (N-methyl/N-ethyl adjacent to an activating group) is 1. The Morgan fingerprint density at radius 1 is 1.63 bits per heavy atom. The summed E-state index contributed by atoms with van der Waals surface area (Å²) >= 11 is 3.34. The molecule has 2 aromatic rings. The van der Waals surface area contributed by atoms with Crippen LogP contribution in [0.5, 0.6) is 0 Å². The molecule has 6 nitrogen and oxygen atoms in total. The first kappa shape index (κ1) is 13.8. The van der Waals surface area contributed by atoms with Crippen LogP contribution in [-0.4, -0.2) is 44.8 Å². The van der Waals surface area contributed by atoms with Gasteiger partial charge in [-0.25, -0.2) is 9.97 Å². The molecule has 0 aliphatic heterocycles. The van der Waals surface area contributed by atoms with Crippen molar-refractivity contribution in [3.05, 3.63) is 23.2 Å². The van der Waals surface area contributed by atoms with Crippen molar-refractivity contribution in [3.8, 4) is 0 Å². The van der Waals surface area contributed by atoms with Crippen LogP contribution in [0.3, 0.4) is 0 Å². The van der Waals surface area contributed by atoms with Gasteiger partial charge in [0.05, 0.1) is 0 Å². The number of fused-ring (bicyclic) bond motifs is 1. The third-order valence-electron chi connectivity index (χ3n) is 2.92. The van der Waals surface area contributed by atoms with Gasteiger partial charge in [-0.3, -0.25) is 4.79 Å². The minimum atomic E-state index is -0.354. The van der Waals surface area contributed by atoms with Gasteiger partial charge in [-0.1, -0.05) is 0 Å². The van der Waals surface area contributed by atoms with E-state index >= 15 is 0 Å². The molecule has 0 aliphatic carbocycles. The molecule has 0 saturated heterocycles. The molecular formula is C12H16BrN5O. The molecule has 1 amide bonds. The maximum atomic E-state index is 12.0. The van der Waals surface area contributed by atoms with E-state index in [0.29, 0.717) is 22.6 Å². The van der Waals surface area contributed by atoms with E-state index < -0.39 is 0 Å². The zero-order chi connectivity index (χ0) is 14.0. The van der Waals surface area contributed by atoms with E-state index in [1.54, 1.807) is 18.1 Å². The number of nitrogens with one attached hydrogen (secondary N) is 1. The predicted molar refractivity (Wildman–Crippen MR) is 77.1 cm³/mol. The van der Waals surface area contributed by atoms with Crippen LogP contribution in [0.1, 0.15) is 13.8 Å². The second-order valence-corrected chi connectivity index (χ2v) is 5.10. The summed E-state index contributed by atoms with van der Waals surface area (Å²) in [5.41, 5.74) is 0.696. The summed E-state index contributed by atoms with van der Waals surface area (Å²) in [7, 11) is 1.78. The van der Waals surface area contributed by atoms with Crippen LogP contribution in [0.25, 0.3) is 5.65 Å². The summed E-state index contributed by atoms with van der Waals surface area (Å²) in [4.78, 5) is 22.3. The van der Waals surface area contributed by atoms with Gasteiger partial charge in [0.25, 0.3) is 0 Å². The standard InChI is InChI=1S/C12H16BrN5O/c1-4-17(3)12(19)8(2)15-10-11-14-5-6-18(11)7-9(13)16-10/h5-8H,4H2,1-3H3,(H,15,16). The van der Waals surface area contributed by atoms with Crippen LogP contribution in [0, 0.1) is 0 Å². The summed E-state index contributed by atoms with van der Waals surface area (Å²) in [5.74, 6) is 0.610. The molecule has 19 heavy (non-hydrogen) atoms. The zero-order valence-corrected chi connectivity index (χ0v) is 12.7. The Bertz CT molecular complexity index is 597. The highest BCUT2D eigenvalue weighted by molar-refractivity contribution is 9.10. The lowest BCUT2D eigenvalue weighted by atomic mass is 10.3. The smallest absolute Gasteiger partial charge is 0.244 e. The van der Waals surface area contributed by atoms with Gasteiger partial charge in [-0.2, -0.15) is 0 Å². The lowest BCUT2D eigenvalue weighted by Crippen LogP contribution is -2.39. The number of carbonyl (C=O) groups excluding carboxylic acids is 1. The van der Waals surface area contributed by atoms with Crippen LogP contribution >= 0.6 is 15.9 Å². The molecule has 1 unspecified atom stereocenters. The molecule has 1 atom stereocenters. The fourth-order valence-corrected chi connectivity index (χ4v) is 2.15. The quantitative estimate of drug-likeness (QED) is 0.930. The van der Waals surface area contributed by atoms with Gasteiger partial charge in [0.2, 0.25) is 5.91 Å². The first-order valence-corrected chi connectivity index (χ1v) is 6.83. The topological polar surface area (TPSA) is 62.5 Å². The molecule has 7 heteroatoms. The first-order chi connectivity index (χ1) is 9.02. The maximum Gasteiger partial charge on any atom is 0.244 e. The molecule has 0 bridgehead atoms. The van der Waals surface area contributed by atoms with E-state index in [2.05, 4.69) is 31.2 Å². The number of aromatic nitrogens is 3. The first-order valence-electron chi connectivity index (χ1n) is 6.03. The average Bonchev–Trinajstić information content (AvgIpc) is 2.84. The van der Waals surface area contributed by atoms with E-state index in [1.807, 2.05) is 30.6 Å². The molecule has 0 aromatic carbocycles. The highest BCUT2D eigenvalue weighted by Gasteiger charge is 2.18. The largest absolute Gasteiger partial charge is 0.355 e. The number of rotatable bonds is 4. The summed E-state index contributed by atoms with van der Waals surface area (Å²) < 4.78 is 2.53. The Kier molecular flexibility index (Phi) is 4.04. The summed E-state index contributed by atoms with van der Waals surface area (Å²) in [6.45, 7) is 4.43. The van der Waals surface area contributed by atoms with Gasteiger partial charge >= 0.3 is 0 Å². The van der Waals surface area contributed by atoms with Gasteiger partial charge in [0.15, 0.2) is 11.5 Å². The van der Waals surface area contributed by atoms with Crippen molar-refractivity contribution < 1.29 is 4.79 Å². The van der Waals surface area contributed by atoms with Crippen molar-refractivity contribution >= 4 is 33.3 Å². The number of hydrogen-bond donors (Lipinski definition) is 1. The van der Waals surface area contributed by atoms with Crippen molar-refractivity contribution in [3.63, 3.8) is 0 Å². The second-order valence-electron chi connectivity index (χ2n) is 4.29. The van der Waals surface area contributed by atoms with Crippen LogP contribution < -0.4 is 5.32 Å². The lowest BCUT2D eigenvalue weighted by molar-refractivity contribution is -0.130. The normalized spacial score (nSPS) is 12.4. The van der Waals surface area contributed by atoms with E-state index in [4.69, 9.17) is 0 Å². The monoisotopic (exact) mass is 325 g/mol. The number of halogens is 1. The predicted octanol–water partition coefficient (Wildman–Crippen LogP) is 1.77. The van der Waals surface area contributed by atoms with Gasteiger partial charge in [0.1, 0.15) is 10.6 Å². The third kappa shape index (κ3) is 2.86. The van der Waals surface area contributed by atoms with E-state index in [0.717, 1.165) is 0 Å². The van der Waals surface area contributed by atoms with Crippen LogP contribution in [0.4, 0.5) is 5.82 Å². The van der Waals surface area contributed by atoms with Crippen molar-refractivity contribution in [2.24, 2.45) is 0 Å². The molecule has 0 aliphatic rings. The molecule has 2 rings (SSSR count).